The molecular formula is C12H13F3N2O3. The lowest BCUT2D eigenvalue weighted by atomic mass is 10.1. The number of nitrogens with one attached hydrogen (secondary N) is 2. The molecule has 0 aliphatic carbocycles. The molecule has 0 aliphatic heterocycles. The summed E-state index contributed by atoms with van der Waals surface area (Å²) in [7, 11) is 0. The molecule has 1 rings (SSSR count). The van der Waals surface area contributed by atoms with Gasteiger partial charge in [-0.05, 0) is 18.6 Å². The van der Waals surface area contributed by atoms with Crippen molar-refractivity contribution in [3.05, 3.63) is 29.8 Å². The third-order valence-corrected chi connectivity index (χ3v) is 2.31. The number of hydrogen-bond acceptors (Lipinski definition) is 3. The van der Waals surface area contributed by atoms with Crippen LogP contribution in [0.25, 0.3) is 0 Å². The molecule has 0 aliphatic rings. The number of amides is 2. The van der Waals surface area contributed by atoms with Gasteiger partial charge in [-0.25, -0.2) is 0 Å². The van der Waals surface area contributed by atoms with Gasteiger partial charge < -0.3 is 15.7 Å². The highest BCUT2D eigenvalue weighted by Gasteiger charge is 2.33. The van der Waals surface area contributed by atoms with E-state index in [0.717, 1.165) is 12.1 Å². The second-order valence-corrected chi connectivity index (χ2v) is 3.83. The van der Waals surface area contributed by atoms with Crippen molar-refractivity contribution in [1.82, 2.24) is 5.32 Å². The average Bonchev–Trinajstić information content (AvgIpc) is 2.38. The van der Waals surface area contributed by atoms with Gasteiger partial charge in [-0.15, -0.1) is 0 Å². The minimum Gasteiger partial charge on any atom is -0.396 e. The Morgan fingerprint density at radius 3 is 2.40 bits per heavy atom. The second-order valence-electron chi connectivity index (χ2n) is 3.83. The zero-order valence-electron chi connectivity index (χ0n) is 10.3. The molecular weight excluding hydrogens is 277 g/mol. The van der Waals surface area contributed by atoms with Crippen LogP contribution in [0.1, 0.15) is 12.0 Å². The lowest BCUT2D eigenvalue weighted by molar-refractivity contribution is -0.138. The summed E-state index contributed by atoms with van der Waals surface area (Å²) in [5.74, 6) is -2.25. The van der Waals surface area contributed by atoms with Gasteiger partial charge in [-0.1, -0.05) is 12.1 Å². The Kier molecular flexibility index (Phi) is 5.51. The summed E-state index contributed by atoms with van der Waals surface area (Å²) in [6.45, 7) is -0.109. The van der Waals surface area contributed by atoms with E-state index in [-0.39, 0.29) is 19.6 Å². The van der Waals surface area contributed by atoms with Crippen LogP contribution in [0.2, 0.25) is 0 Å². The number of para-hydroxylation sites is 1. The fourth-order valence-electron chi connectivity index (χ4n) is 1.38. The molecule has 0 spiro atoms. The fraction of sp³-hybridized carbons (Fsp3) is 0.333. The van der Waals surface area contributed by atoms with Crippen LogP contribution >= 0.6 is 0 Å². The maximum absolute atomic E-state index is 12.7. The molecule has 0 unspecified atom stereocenters. The standard InChI is InChI=1S/C12H13F3N2O3/c13-12(14,15)8-4-1-2-5-9(8)17-11(20)10(19)16-6-3-7-18/h1-2,4-5,18H,3,6-7H2,(H,16,19)(H,17,20). The predicted molar refractivity (Wildman–Crippen MR) is 64.8 cm³/mol. The number of rotatable bonds is 4. The summed E-state index contributed by atoms with van der Waals surface area (Å²) in [5, 5.41) is 12.6. The third-order valence-electron chi connectivity index (χ3n) is 2.31. The number of aliphatic hydroxyl groups excluding tert-OH is 1. The van der Waals surface area contributed by atoms with Crippen LogP contribution in [0, 0.1) is 0 Å². The molecule has 0 bridgehead atoms. The molecule has 1 aromatic carbocycles. The van der Waals surface area contributed by atoms with E-state index in [1.165, 1.54) is 12.1 Å². The topological polar surface area (TPSA) is 78.4 Å². The Bertz CT molecular complexity index is 489. The highest BCUT2D eigenvalue weighted by Crippen LogP contribution is 2.34. The lowest BCUT2D eigenvalue weighted by Gasteiger charge is -2.13. The minimum atomic E-state index is -4.63. The summed E-state index contributed by atoms with van der Waals surface area (Å²) < 4.78 is 38.0. The van der Waals surface area contributed by atoms with Crippen LogP contribution in [0.5, 0.6) is 0 Å². The van der Waals surface area contributed by atoms with Crippen molar-refractivity contribution in [1.29, 1.82) is 0 Å². The number of hydrogen-bond donors (Lipinski definition) is 3. The molecule has 0 atom stereocenters. The van der Waals surface area contributed by atoms with E-state index in [9.17, 15) is 22.8 Å². The Morgan fingerprint density at radius 2 is 1.80 bits per heavy atom. The summed E-state index contributed by atoms with van der Waals surface area (Å²) in [4.78, 5) is 22.7. The maximum atomic E-state index is 12.7. The lowest BCUT2D eigenvalue weighted by Crippen LogP contribution is -2.36. The molecule has 20 heavy (non-hydrogen) atoms. The van der Waals surface area contributed by atoms with Crippen molar-refractivity contribution in [2.24, 2.45) is 0 Å². The van der Waals surface area contributed by atoms with Crippen molar-refractivity contribution >= 4 is 17.5 Å². The largest absolute Gasteiger partial charge is 0.418 e. The SMILES string of the molecule is O=C(NCCCO)C(=O)Nc1ccccc1C(F)(F)F. The molecule has 3 N–H and O–H groups in total. The highest BCUT2D eigenvalue weighted by molar-refractivity contribution is 6.39. The van der Waals surface area contributed by atoms with Gasteiger partial charge >= 0.3 is 18.0 Å². The van der Waals surface area contributed by atoms with Gasteiger partial charge in [0.25, 0.3) is 0 Å². The van der Waals surface area contributed by atoms with Crippen LogP contribution in [-0.4, -0.2) is 30.1 Å². The van der Waals surface area contributed by atoms with Crippen LogP contribution in [0.3, 0.4) is 0 Å². The zero-order valence-corrected chi connectivity index (χ0v) is 10.3. The molecule has 0 aromatic heterocycles. The Hall–Kier alpha value is -2.09. The number of anilines is 1. The van der Waals surface area contributed by atoms with Crippen molar-refractivity contribution < 1.29 is 27.9 Å². The van der Waals surface area contributed by atoms with E-state index in [1.807, 2.05) is 5.32 Å². The Balaban J connectivity index is 2.74. The van der Waals surface area contributed by atoms with Crippen LogP contribution in [0.4, 0.5) is 18.9 Å². The number of carbonyl (C=O) groups excluding carboxylic acids is 2. The summed E-state index contributed by atoms with van der Waals surface area (Å²) in [6, 6.07) is 4.36. The smallest absolute Gasteiger partial charge is 0.396 e. The van der Waals surface area contributed by atoms with Gasteiger partial charge in [0.2, 0.25) is 0 Å². The number of alkyl halides is 3. The molecule has 1 aromatic rings. The molecule has 0 saturated heterocycles. The van der Waals surface area contributed by atoms with Gasteiger partial charge in [-0.3, -0.25) is 9.59 Å². The van der Waals surface area contributed by atoms with E-state index in [2.05, 4.69) is 5.32 Å². The minimum absolute atomic E-state index is 0.0592. The normalized spacial score (nSPS) is 11.0. The fourth-order valence-corrected chi connectivity index (χ4v) is 1.38. The predicted octanol–water partition coefficient (Wildman–Crippen LogP) is 1.14. The number of aliphatic hydroxyl groups is 1. The summed E-state index contributed by atoms with van der Waals surface area (Å²) in [5.41, 5.74) is -1.51. The second kappa shape index (κ2) is 6.90. The summed E-state index contributed by atoms with van der Waals surface area (Å²) >= 11 is 0. The molecule has 0 saturated carbocycles. The van der Waals surface area contributed by atoms with Gasteiger partial charge in [0.05, 0.1) is 11.3 Å². The monoisotopic (exact) mass is 290 g/mol. The van der Waals surface area contributed by atoms with Gasteiger partial charge in [0.15, 0.2) is 0 Å². The van der Waals surface area contributed by atoms with Crippen LogP contribution < -0.4 is 10.6 Å². The van der Waals surface area contributed by atoms with Crippen molar-refractivity contribution in [3.63, 3.8) is 0 Å². The first-order chi connectivity index (χ1) is 9.36. The van der Waals surface area contributed by atoms with Gasteiger partial charge in [-0.2, -0.15) is 13.2 Å². The van der Waals surface area contributed by atoms with E-state index < -0.39 is 29.2 Å². The number of carbonyl (C=O) groups is 2. The zero-order chi connectivity index (χ0) is 15.2. The molecule has 0 heterocycles. The molecule has 5 nitrogen and oxygen atoms in total. The van der Waals surface area contributed by atoms with Gasteiger partial charge in [0, 0.05) is 13.2 Å². The third kappa shape index (κ3) is 4.54. The molecule has 110 valence electrons. The van der Waals surface area contributed by atoms with Crippen molar-refractivity contribution in [3.8, 4) is 0 Å². The Morgan fingerprint density at radius 1 is 1.15 bits per heavy atom. The quantitative estimate of drug-likeness (QED) is 0.575. The van der Waals surface area contributed by atoms with E-state index in [0.29, 0.717) is 0 Å². The van der Waals surface area contributed by atoms with Crippen molar-refractivity contribution in [2.45, 2.75) is 12.6 Å². The summed E-state index contributed by atoms with van der Waals surface area (Å²) in [6.07, 6.45) is -4.38. The van der Waals surface area contributed by atoms with Gasteiger partial charge in [0.1, 0.15) is 0 Å². The first-order valence-electron chi connectivity index (χ1n) is 5.72. The molecule has 8 heteroatoms. The first kappa shape index (κ1) is 16.0. The molecule has 0 fully saturated rings. The van der Waals surface area contributed by atoms with Crippen LogP contribution in [-0.2, 0) is 15.8 Å². The van der Waals surface area contributed by atoms with E-state index in [1.54, 1.807) is 0 Å². The van der Waals surface area contributed by atoms with Crippen LogP contribution in [0.15, 0.2) is 24.3 Å². The van der Waals surface area contributed by atoms with E-state index >= 15 is 0 Å². The Labute approximate surface area is 112 Å². The molecule has 2 amide bonds. The number of benzene rings is 1. The average molecular weight is 290 g/mol. The highest BCUT2D eigenvalue weighted by atomic mass is 19.4. The van der Waals surface area contributed by atoms with E-state index in [4.69, 9.17) is 5.11 Å². The van der Waals surface area contributed by atoms with Crippen molar-refractivity contribution in [2.75, 3.05) is 18.5 Å². The maximum Gasteiger partial charge on any atom is 0.418 e. The first-order valence-corrected chi connectivity index (χ1v) is 5.72. The molecule has 0 radical (unpaired) electrons. The number of halogens is 3.